The van der Waals surface area contributed by atoms with Crippen LogP contribution in [0.1, 0.15) is 51.9 Å². The molecule has 0 aliphatic heterocycles. The minimum Gasteiger partial charge on any atom is -0.358 e. The third-order valence-electron chi connectivity index (χ3n) is 8.90. The van der Waals surface area contributed by atoms with E-state index in [0.29, 0.717) is 11.8 Å². The molecule has 2 nitrogen and oxygen atoms in total. The third-order valence-corrected chi connectivity index (χ3v) is 8.90. The van der Waals surface area contributed by atoms with Crippen molar-refractivity contribution in [3.8, 4) is 22.3 Å². The Labute approximate surface area is 228 Å². The first-order valence-electron chi connectivity index (χ1n) is 13.9. The van der Waals surface area contributed by atoms with Crippen molar-refractivity contribution in [1.82, 2.24) is 9.97 Å². The molecule has 4 aromatic carbocycles. The summed E-state index contributed by atoms with van der Waals surface area (Å²) in [6.07, 6.45) is 10.7. The Morgan fingerprint density at radius 2 is 1.00 bits per heavy atom. The van der Waals surface area contributed by atoms with Gasteiger partial charge in [0.2, 0.25) is 0 Å². The Balaban J connectivity index is 1.15. The van der Waals surface area contributed by atoms with Gasteiger partial charge < -0.3 is 9.97 Å². The maximum atomic E-state index is 3.59. The fraction of sp³-hybridized carbons (Fsp3) is 0.135. The predicted octanol–water partition coefficient (Wildman–Crippen LogP) is 9.91. The summed E-state index contributed by atoms with van der Waals surface area (Å²) in [6, 6.07) is 31.0. The van der Waals surface area contributed by atoms with E-state index in [1.165, 1.54) is 77.7 Å². The zero-order valence-electron chi connectivity index (χ0n) is 22.3. The Kier molecular flexibility index (Phi) is 4.87. The quantitative estimate of drug-likeness (QED) is 0.240. The number of rotatable bonds is 4. The van der Waals surface area contributed by atoms with E-state index < -0.39 is 0 Å². The van der Waals surface area contributed by atoms with E-state index in [1.54, 1.807) is 0 Å². The van der Waals surface area contributed by atoms with Crippen LogP contribution in [0.5, 0.6) is 0 Å². The fourth-order valence-electron chi connectivity index (χ4n) is 7.18. The summed E-state index contributed by atoms with van der Waals surface area (Å²) >= 11 is 0. The lowest BCUT2D eigenvalue weighted by atomic mass is 9.85. The van der Waals surface area contributed by atoms with E-state index in [4.69, 9.17) is 0 Å². The maximum Gasteiger partial charge on any atom is 0.0462 e. The number of benzene rings is 4. The van der Waals surface area contributed by atoms with Gasteiger partial charge in [-0.15, -0.1) is 0 Å². The van der Waals surface area contributed by atoms with Gasteiger partial charge in [-0.2, -0.15) is 0 Å². The Hall–Kier alpha value is -4.56. The number of H-pyrrole nitrogens is 2. The zero-order valence-corrected chi connectivity index (χ0v) is 22.3. The molecule has 39 heavy (non-hydrogen) atoms. The van der Waals surface area contributed by atoms with Crippen molar-refractivity contribution >= 4 is 34.0 Å². The fourth-order valence-corrected chi connectivity index (χ4v) is 7.18. The van der Waals surface area contributed by atoms with Crippen LogP contribution >= 0.6 is 0 Å². The lowest BCUT2D eigenvalue weighted by Crippen LogP contribution is -2.02. The van der Waals surface area contributed by atoms with Gasteiger partial charge in [0.1, 0.15) is 0 Å². The van der Waals surface area contributed by atoms with E-state index in [9.17, 15) is 0 Å². The molecule has 0 fully saturated rings. The molecule has 0 radical (unpaired) electrons. The SMILES string of the molecule is Cc1[nH]c2ccccc2c1-c1cccc2c1C=CC2CC1C=Cc2c(-c3c(C)[nH]c4ccccc34)cccc21. The van der Waals surface area contributed by atoms with Crippen molar-refractivity contribution in [2.75, 3.05) is 0 Å². The van der Waals surface area contributed by atoms with Crippen LogP contribution in [0.2, 0.25) is 0 Å². The lowest BCUT2D eigenvalue weighted by molar-refractivity contribution is 0.686. The van der Waals surface area contributed by atoms with Gasteiger partial charge in [-0.3, -0.25) is 0 Å². The first-order valence-corrected chi connectivity index (χ1v) is 13.9. The van der Waals surface area contributed by atoms with Crippen molar-refractivity contribution < 1.29 is 0 Å². The molecule has 2 atom stereocenters. The first kappa shape index (κ1) is 22.4. The molecule has 2 heterocycles. The number of nitrogens with one attached hydrogen (secondary N) is 2. The van der Waals surface area contributed by atoms with Gasteiger partial charge in [-0.05, 0) is 65.8 Å². The Morgan fingerprint density at radius 1 is 0.538 bits per heavy atom. The van der Waals surface area contributed by atoms with Crippen molar-refractivity contribution in [2.24, 2.45) is 0 Å². The van der Waals surface area contributed by atoms with Crippen LogP contribution in [0.25, 0.3) is 56.2 Å². The highest BCUT2D eigenvalue weighted by molar-refractivity contribution is 6.01. The number of hydrogen-bond donors (Lipinski definition) is 2. The van der Waals surface area contributed by atoms with Crippen LogP contribution < -0.4 is 0 Å². The Bertz CT molecular complexity index is 1830. The van der Waals surface area contributed by atoms with Gasteiger partial charge in [0.05, 0.1) is 0 Å². The van der Waals surface area contributed by atoms with E-state index in [0.717, 1.165) is 6.42 Å². The summed E-state index contributed by atoms with van der Waals surface area (Å²) in [7, 11) is 0. The molecule has 0 saturated carbocycles. The highest BCUT2D eigenvalue weighted by atomic mass is 14.7. The molecule has 8 rings (SSSR count). The molecule has 2 unspecified atom stereocenters. The second-order valence-electron chi connectivity index (χ2n) is 11.1. The van der Waals surface area contributed by atoms with Gasteiger partial charge in [-0.1, -0.05) is 97.1 Å². The molecule has 2 aromatic heterocycles. The maximum absolute atomic E-state index is 3.59. The first-order chi connectivity index (χ1) is 19.2. The number of fused-ring (bicyclic) bond motifs is 4. The second kappa shape index (κ2) is 8.47. The van der Waals surface area contributed by atoms with Crippen LogP contribution in [0, 0.1) is 13.8 Å². The van der Waals surface area contributed by atoms with E-state index in [1.807, 2.05) is 0 Å². The van der Waals surface area contributed by atoms with Crippen molar-refractivity contribution in [3.63, 3.8) is 0 Å². The average Bonchev–Trinajstić information content (AvgIpc) is 3.71. The van der Waals surface area contributed by atoms with Crippen LogP contribution in [-0.4, -0.2) is 9.97 Å². The number of allylic oxidation sites excluding steroid dienone is 2. The highest BCUT2D eigenvalue weighted by Crippen LogP contribution is 2.47. The number of aromatic nitrogens is 2. The number of aromatic amines is 2. The number of aryl methyl sites for hydroxylation is 2. The van der Waals surface area contributed by atoms with Gasteiger partial charge >= 0.3 is 0 Å². The largest absolute Gasteiger partial charge is 0.358 e. The molecule has 2 aliphatic rings. The lowest BCUT2D eigenvalue weighted by Gasteiger charge is -2.19. The molecule has 0 bridgehead atoms. The summed E-state index contributed by atoms with van der Waals surface area (Å²) in [4.78, 5) is 7.19. The summed E-state index contributed by atoms with van der Waals surface area (Å²) in [6.45, 7) is 4.39. The minimum atomic E-state index is 0.407. The average molecular weight is 503 g/mol. The van der Waals surface area contributed by atoms with Crippen LogP contribution in [0.4, 0.5) is 0 Å². The normalized spacial score (nSPS) is 17.4. The molecule has 0 spiro atoms. The number of para-hydroxylation sites is 2. The molecular weight excluding hydrogens is 472 g/mol. The molecule has 6 aromatic rings. The summed E-state index contributed by atoms with van der Waals surface area (Å²) in [5.41, 5.74) is 15.8. The number of hydrogen-bond acceptors (Lipinski definition) is 0. The summed E-state index contributed by atoms with van der Waals surface area (Å²) in [5, 5.41) is 2.60. The monoisotopic (exact) mass is 502 g/mol. The minimum absolute atomic E-state index is 0.407. The molecule has 0 saturated heterocycles. The molecule has 2 N–H and O–H groups in total. The van der Waals surface area contributed by atoms with E-state index in [2.05, 4.69) is 133 Å². The molecule has 188 valence electrons. The van der Waals surface area contributed by atoms with Crippen molar-refractivity contribution in [1.29, 1.82) is 0 Å². The standard InChI is InChI=1S/C37H30N2/c1-22-36(32-9-3-5-15-34(32)38-22)30-13-7-11-26-24(17-19-28(26)30)21-25-18-20-29-27(25)12-8-14-31(29)37-23(2)39-35-16-6-4-10-33(35)37/h3-20,24-25,38-39H,21H2,1-2H3. The van der Waals surface area contributed by atoms with Crippen LogP contribution in [0.3, 0.4) is 0 Å². The van der Waals surface area contributed by atoms with E-state index in [-0.39, 0.29) is 0 Å². The van der Waals surface area contributed by atoms with Crippen LogP contribution in [-0.2, 0) is 0 Å². The topological polar surface area (TPSA) is 31.6 Å². The molecule has 0 amide bonds. The smallest absolute Gasteiger partial charge is 0.0462 e. The Morgan fingerprint density at radius 3 is 1.49 bits per heavy atom. The van der Waals surface area contributed by atoms with E-state index >= 15 is 0 Å². The summed E-state index contributed by atoms with van der Waals surface area (Å²) in [5.74, 6) is 0.814. The van der Waals surface area contributed by atoms with Crippen molar-refractivity contribution in [3.05, 3.63) is 131 Å². The zero-order chi connectivity index (χ0) is 26.1. The van der Waals surface area contributed by atoms with Gasteiger partial charge in [0, 0.05) is 56.2 Å². The van der Waals surface area contributed by atoms with Crippen molar-refractivity contribution in [2.45, 2.75) is 32.1 Å². The molecule has 2 heteroatoms. The summed E-state index contributed by atoms with van der Waals surface area (Å²) < 4.78 is 0. The molecular formula is C37H30N2. The van der Waals surface area contributed by atoms with Gasteiger partial charge in [-0.25, -0.2) is 0 Å². The molecule has 2 aliphatic carbocycles. The van der Waals surface area contributed by atoms with Gasteiger partial charge in [0.15, 0.2) is 0 Å². The third kappa shape index (κ3) is 3.34. The predicted molar refractivity (Wildman–Crippen MR) is 165 cm³/mol. The van der Waals surface area contributed by atoms with Crippen LogP contribution in [0.15, 0.2) is 97.1 Å². The second-order valence-corrected chi connectivity index (χ2v) is 11.1. The highest BCUT2D eigenvalue weighted by Gasteiger charge is 2.28. The van der Waals surface area contributed by atoms with Gasteiger partial charge in [0.25, 0.3) is 0 Å².